The number of hydrogen-bond donors (Lipinski definition) is 0. The third kappa shape index (κ3) is 4.72. The highest BCUT2D eigenvalue weighted by Crippen LogP contribution is 2.23. The van der Waals surface area contributed by atoms with Gasteiger partial charge in [0, 0.05) is 37.3 Å². The van der Waals surface area contributed by atoms with Gasteiger partial charge in [0.25, 0.3) is 0 Å². The lowest BCUT2D eigenvalue weighted by Gasteiger charge is -2.32. The minimum atomic E-state index is 0.902. The molecule has 0 bridgehead atoms. The molecule has 0 N–H and O–H groups in total. The number of anilines is 1. The summed E-state index contributed by atoms with van der Waals surface area (Å²) in [6.45, 7) is 10.5. The van der Waals surface area contributed by atoms with Gasteiger partial charge < -0.3 is 4.90 Å². The lowest BCUT2D eigenvalue weighted by molar-refractivity contribution is -0.700. The molecule has 0 amide bonds. The topological polar surface area (TPSA) is 7.12 Å². The Labute approximate surface area is 131 Å². The average molecular weight is 289 g/mol. The Kier molecular flexibility index (Phi) is 6.53. The quantitative estimate of drug-likeness (QED) is 0.534. The van der Waals surface area contributed by atoms with Crippen LogP contribution in [0.4, 0.5) is 5.69 Å². The molecule has 2 rings (SSSR count). The molecule has 0 aromatic carbocycles. The van der Waals surface area contributed by atoms with Crippen molar-refractivity contribution in [1.82, 2.24) is 0 Å². The molecule has 1 aliphatic rings. The van der Waals surface area contributed by atoms with Gasteiger partial charge in [-0.15, -0.1) is 0 Å². The van der Waals surface area contributed by atoms with Crippen molar-refractivity contribution in [2.75, 3.05) is 18.0 Å². The van der Waals surface area contributed by atoms with Gasteiger partial charge in [0.2, 0.25) is 0 Å². The van der Waals surface area contributed by atoms with E-state index in [1.165, 1.54) is 69.4 Å². The van der Waals surface area contributed by atoms with Gasteiger partial charge in [0.1, 0.15) is 6.54 Å². The maximum Gasteiger partial charge on any atom is 0.183 e. The van der Waals surface area contributed by atoms with Gasteiger partial charge in [0.05, 0.1) is 0 Å². The second-order valence-corrected chi connectivity index (χ2v) is 6.64. The van der Waals surface area contributed by atoms with Crippen molar-refractivity contribution >= 4 is 5.69 Å². The third-order valence-electron chi connectivity index (χ3n) is 4.88. The molecule has 0 radical (unpaired) electrons. The Morgan fingerprint density at radius 1 is 1.14 bits per heavy atom. The third-order valence-corrected chi connectivity index (χ3v) is 4.88. The summed E-state index contributed by atoms with van der Waals surface area (Å²) in [5.74, 6) is 0.902. The summed E-state index contributed by atoms with van der Waals surface area (Å²) in [4.78, 5) is 2.58. The first-order valence-electron chi connectivity index (χ1n) is 9.02. The van der Waals surface area contributed by atoms with Crippen LogP contribution in [0.3, 0.4) is 0 Å². The first kappa shape index (κ1) is 16.3. The molecule has 1 aromatic heterocycles. The van der Waals surface area contributed by atoms with Crippen molar-refractivity contribution in [3.63, 3.8) is 0 Å². The van der Waals surface area contributed by atoms with E-state index in [0.717, 1.165) is 12.5 Å². The largest absolute Gasteiger partial charge is 0.371 e. The van der Waals surface area contributed by atoms with Crippen LogP contribution in [0.15, 0.2) is 18.3 Å². The molecule has 118 valence electrons. The molecule has 1 fully saturated rings. The highest BCUT2D eigenvalue weighted by Gasteiger charge is 2.18. The average Bonchev–Trinajstić information content (AvgIpc) is 2.52. The molecule has 0 unspecified atom stereocenters. The van der Waals surface area contributed by atoms with Gasteiger partial charge in [-0.25, -0.2) is 4.57 Å². The van der Waals surface area contributed by atoms with Crippen LogP contribution in [0.25, 0.3) is 0 Å². The van der Waals surface area contributed by atoms with Gasteiger partial charge in [-0.05, 0) is 32.1 Å². The summed E-state index contributed by atoms with van der Waals surface area (Å²) in [5.41, 5.74) is 2.96. The number of piperidine rings is 1. The number of hydrogen-bond acceptors (Lipinski definition) is 1. The number of aromatic nitrogens is 1. The number of unbranched alkanes of at least 4 members (excludes halogenated alkanes) is 3. The van der Waals surface area contributed by atoms with Crippen molar-refractivity contribution in [2.24, 2.45) is 5.92 Å². The highest BCUT2D eigenvalue weighted by atomic mass is 15.1. The van der Waals surface area contributed by atoms with E-state index in [1.807, 2.05) is 0 Å². The SMILES string of the molecule is CCCCCCc1cc(N2CCC(C)CC2)cc[n+]1CC. The van der Waals surface area contributed by atoms with E-state index in [4.69, 9.17) is 0 Å². The Bertz CT molecular complexity index is 420. The summed E-state index contributed by atoms with van der Waals surface area (Å²) in [5, 5.41) is 0. The fraction of sp³-hybridized carbons (Fsp3) is 0.737. The van der Waals surface area contributed by atoms with Gasteiger partial charge >= 0.3 is 0 Å². The Balaban J connectivity index is 2.02. The van der Waals surface area contributed by atoms with Gasteiger partial charge in [-0.1, -0.05) is 33.1 Å². The summed E-state index contributed by atoms with van der Waals surface area (Å²) in [7, 11) is 0. The van der Waals surface area contributed by atoms with E-state index in [0.29, 0.717) is 0 Å². The van der Waals surface area contributed by atoms with E-state index in [9.17, 15) is 0 Å². The Morgan fingerprint density at radius 2 is 1.90 bits per heavy atom. The predicted octanol–water partition coefficient (Wildman–Crippen LogP) is 4.35. The van der Waals surface area contributed by atoms with Crippen LogP contribution in [0.2, 0.25) is 0 Å². The highest BCUT2D eigenvalue weighted by molar-refractivity contribution is 5.45. The first-order chi connectivity index (χ1) is 10.2. The standard InChI is InChI=1S/C19H33N2/c1-4-6-7-8-9-18-16-19(12-15-20(18)5-2)21-13-10-17(3)11-14-21/h12,15-17H,4-11,13-14H2,1-3H3/q+1. The van der Waals surface area contributed by atoms with E-state index in [2.05, 4.69) is 48.6 Å². The van der Waals surface area contributed by atoms with Crippen molar-refractivity contribution in [3.8, 4) is 0 Å². The van der Waals surface area contributed by atoms with Crippen LogP contribution < -0.4 is 9.47 Å². The van der Waals surface area contributed by atoms with Crippen LogP contribution in [0.5, 0.6) is 0 Å². The van der Waals surface area contributed by atoms with Gasteiger partial charge in [-0.2, -0.15) is 0 Å². The van der Waals surface area contributed by atoms with Crippen LogP contribution in [-0.2, 0) is 13.0 Å². The monoisotopic (exact) mass is 289 g/mol. The molecular formula is C19H33N2+. The molecule has 0 saturated carbocycles. The number of pyridine rings is 1. The van der Waals surface area contributed by atoms with Crippen LogP contribution in [-0.4, -0.2) is 13.1 Å². The van der Waals surface area contributed by atoms with Crippen molar-refractivity contribution in [1.29, 1.82) is 0 Å². The Morgan fingerprint density at radius 3 is 2.57 bits per heavy atom. The predicted molar refractivity (Wildman–Crippen MR) is 90.8 cm³/mol. The minimum absolute atomic E-state index is 0.902. The summed E-state index contributed by atoms with van der Waals surface area (Å²) in [6.07, 6.45) is 11.6. The van der Waals surface area contributed by atoms with E-state index in [-0.39, 0.29) is 0 Å². The molecule has 2 heterocycles. The zero-order valence-electron chi connectivity index (χ0n) is 14.3. The Hall–Kier alpha value is -1.05. The molecule has 2 nitrogen and oxygen atoms in total. The van der Waals surface area contributed by atoms with E-state index < -0.39 is 0 Å². The zero-order chi connectivity index (χ0) is 15.1. The summed E-state index contributed by atoms with van der Waals surface area (Å²) >= 11 is 0. The number of nitrogens with zero attached hydrogens (tertiary/aromatic N) is 2. The van der Waals surface area contributed by atoms with Crippen LogP contribution in [0.1, 0.15) is 65.0 Å². The van der Waals surface area contributed by atoms with E-state index >= 15 is 0 Å². The summed E-state index contributed by atoms with van der Waals surface area (Å²) < 4.78 is 2.42. The molecule has 2 heteroatoms. The fourth-order valence-corrected chi connectivity index (χ4v) is 3.28. The smallest absolute Gasteiger partial charge is 0.183 e. The van der Waals surface area contributed by atoms with E-state index in [1.54, 1.807) is 0 Å². The number of aryl methyl sites for hydroxylation is 2. The molecule has 0 atom stereocenters. The maximum atomic E-state index is 2.58. The summed E-state index contributed by atoms with van der Waals surface area (Å²) in [6, 6.07) is 4.76. The van der Waals surface area contributed by atoms with Gasteiger partial charge in [0.15, 0.2) is 11.9 Å². The van der Waals surface area contributed by atoms with Crippen molar-refractivity contribution in [2.45, 2.75) is 72.3 Å². The van der Waals surface area contributed by atoms with Crippen molar-refractivity contribution in [3.05, 3.63) is 24.0 Å². The second-order valence-electron chi connectivity index (χ2n) is 6.64. The molecule has 1 aromatic rings. The molecule has 21 heavy (non-hydrogen) atoms. The normalized spacial score (nSPS) is 16.4. The fourth-order valence-electron chi connectivity index (χ4n) is 3.28. The second kappa shape index (κ2) is 8.41. The molecule has 1 aliphatic heterocycles. The van der Waals surface area contributed by atoms with Crippen LogP contribution in [0, 0.1) is 5.92 Å². The lowest BCUT2D eigenvalue weighted by atomic mass is 9.99. The molecule has 1 saturated heterocycles. The van der Waals surface area contributed by atoms with Gasteiger partial charge in [-0.3, -0.25) is 0 Å². The lowest BCUT2D eigenvalue weighted by Crippen LogP contribution is -2.38. The minimum Gasteiger partial charge on any atom is -0.371 e. The molecule has 0 aliphatic carbocycles. The first-order valence-corrected chi connectivity index (χ1v) is 9.02. The molecular weight excluding hydrogens is 256 g/mol. The van der Waals surface area contributed by atoms with Crippen molar-refractivity contribution < 1.29 is 4.57 Å². The van der Waals surface area contributed by atoms with Crippen LogP contribution >= 0.6 is 0 Å². The molecule has 0 spiro atoms. The number of rotatable bonds is 7. The zero-order valence-corrected chi connectivity index (χ0v) is 14.3. The maximum absolute atomic E-state index is 2.58.